The number of anilines is 2. The molecule has 2 rings (SSSR count). The lowest BCUT2D eigenvalue weighted by Gasteiger charge is -2.08. The smallest absolute Gasteiger partial charge is 0.263 e. The molecule has 7 nitrogen and oxygen atoms in total. The number of benzene rings is 1. The third-order valence-corrected chi connectivity index (χ3v) is 5.95. The van der Waals surface area contributed by atoms with Gasteiger partial charge in [-0.3, -0.25) is 9.44 Å². The van der Waals surface area contributed by atoms with Crippen LogP contribution in [0.5, 0.6) is 0 Å². The Labute approximate surface area is 127 Å². The number of rotatable bonds is 6. The number of hydrogen-bond donors (Lipinski definition) is 2. The van der Waals surface area contributed by atoms with Crippen molar-refractivity contribution in [2.24, 2.45) is 0 Å². The van der Waals surface area contributed by atoms with Crippen molar-refractivity contribution in [3.05, 3.63) is 35.8 Å². The number of aromatic nitrogens is 1. The molecule has 0 bridgehead atoms. The predicted octanol–water partition coefficient (Wildman–Crippen LogP) is 1.71. The Morgan fingerprint density at radius 1 is 1.10 bits per heavy atom. The summed E-state index contributed by atoms with van der Waals surface area (Å²) in [5.41, 5.74) is 0.310. The number of hydrogen-bond acceptors (Lipinski definition) is 6. The summed E-state index contributed by atoms with van der Waals surface area (Å²) >= 11 is 1.17. The predicted molar refractivity (Wildman–Crippen MR) is 82.4 cm³/mol. The lowest BCUT2D eigenvalue weighted by Crippen LogP contribution is -2.15. The monoisotopic (exact) mass is 347 g/mol. The van der Waals surface area contributed by atoms with Crippen LogP contribution in [0, 0.1) is 0 Å². The van der Waals surface area contributed by atoms with Crippen molar-refractivity contribution < 1.29 is 16.8 Å². The summed E-state index contributed by atoms with van der Waals surface area (Å²) in [6.07, 6.45) is 1.49. The molecule has 10 heteroatoms. The van der Waals surface area contributed by atoms with E-state index in [1.54, 1.807) is 5.38 Å². The van der Waals surface area contributed by atoms with Crippen LogP contribution in [-0.2, 0) is 20.0 Å². The zero-order chi connectivity index (χ0) is 15.5. The quantitative estimate of drug-likeness (QED) is 0.827. The van der Waals surface area contributed by atoms with Crippen LogP contribution in [0.3, 0.4) is 0 Å². The maximum Gasteiger partial charge on any atom is 0.263 e. The molecule has 0 radical (unpaired) electrons. The van der Waals surface area contributed by atoms with Crippen LogP contribution in [0.1, 0.15) is 6.92 Å². The van der Waals surface area contributed by atoms with Crippen LogP contribution < -0.4 is 9.44 Å². The van der Waals surface area contributed by atoms with Crippen molar-refractivity contribution in [2.45, 2.75) is 11.8 Å². The molecule has 0 aliphatic heterocycles. The molecular weight excluding hydrogens is 334 g/mol. The average molecular weight is 347 g/mol. The van der Waals surface area contributed by atoms with E-state index in [0.717, 1.165) is 0 Å². The van der Waals surface area contributed by atoms with Gasteiger partial charge in [0, 0.05) is 17.3 Å². The van der Waals surface area contributed by atoms with Gasteiger partial charge in [-0.05, 0) is 31.2 Å². The second kappa shape index (κ2) is 6.00. The molecule has 0 aliphatic carbocycles. The summed E-state index contributed by atoms with van der Waals surface area (Å²) in [7, 11) is -7.11. The van der Waals surface area contributed by atoms with Crippen molar-refractivity contribution in [3.63, 3.8) is 0 Å². The van der Waals surface area contributed by atoms with Crippen LogP contribution in [0.25, 0.3) is 0 Å². The second-order valence-corrected chi connectivity index (χ2v) is 8.56. The Hall–Kier alpha value is -1.65. The lowest BCUT2D eigenvalue weighted by atomic mass is 10.3. The molecule has 114 valence electrons. The zero-order valence-electron chi connectivity index (χ0n) is 11.0. The first-order valence-corrected chi connectivity index (χ1v) is 9.87. The van der Waals surface area contributed by atoms with Crippen LogP contribution in [0.2, 0.25) is 0 Å². The first kappa shape index (κ1) is 15.7. The highest BCUT2D eigenvalue weighted by Gasteiger charge is 2.15. The van der Waals surface area contributed by atoms with Crippen molar-refractivity contribution in [1.29, 1.82) is 0 Å². The van der Waals surface area contributed by atoms with E-state index in [-0.39, 0.29) is 15.8 Å². The zero-order valence-corrected chi connectivity index (χ0v) is 13.4. The topological polar surface area (TPSA) is 105 Å². The maximum atomic E-state index is 12.1. The van der Waals surface area contributed by atoms with Gasteiger partial charge in [0.2, 0.25) is 10.0 Å². The minimum absolute atomic E-state index is 0.0251. The fourth-order valence-electron chi connectivity index (χ4n) is 1.40. The molecule has 2 N–H and O–H groups in total. The Morgan fingerprint density at radius 3 is 2.29 bits per heavy atom. The number of thiazole rings is 1. The molecular formula is C11H13N3O4S3. The molecule has 1 aromatic carbocycles. The van der Waals surface area contributed by atoms with Gasteiger partial charge in [0.25, 0.3) is 10.0 Å². The fourth-order valence-corrected chi connectivity index (χ4v) is 3.83. The fraction of sp³-hybridized carbons (Fsp3) is 0.182. The van der Waals surface area contributed by atoms with Gasteiger partial charge in [0.15, 0.2) is 5.13 Å². The van der Waals surface area contributed by atoms with Crippen LogP contribution >= 0.6 is 11.3 Å². The van der Waals surface area contributed by atoms with Crippen LogP contribution in [0.4, 0.5) is 10.8 Å². The summed E-state index contributed by atoms with van der Waals surface area (Å²) in [4.78, 5) is 3.87. The Kier molecular flexibility index (Phi) is 4.49. The SMILES string of the molecule is CCS(=O)(=O)Nc1ccc(S(=O)(=O)Nc2nccs2)cc1. The van der Waals surface area contributed by atoms with E-state index in [1.165, 1.54) is 48.7 Å². The van der Waals surface area contributed by atoms with Crippen molar-refractivity contribution in [2.75, 3.05) is 15.2 Å². The highest BCUT2D eigenvalue weighted by molar-refractivity contribution is 7.93. The van der Waals surface area contributed by atoms with Crippen molar-refractivity contribution >= 4 is 42.2 Å². The molecule has 1 heterocycles. The van der Waals surface area contributed by atoms with E-state index in [4.69, 9.17) is 0 Å². The molecule has 0 spiro atoms. The molecule has 0 amide bonds. The molecule has 21 heavy (non-hydrogen) atoms. The molecule has 0 unspecified atom stereocenters. The highest BCUT2D eigenvalue weighted by atomic mass is 32.2. The van der Waals surface area contributed by atoms with Gasteiger partial charge in [-0.15, -0.1) is 11.3 Å². The molecule has 0 saturated heterocycles. The van der Waals surface area contributed by atoms with E-state index >= 15 is 0 Å². The lowest BCUT2D eigenvalue weighted by molar-refractivity contribution is 0.600. The van der Waals surface area contributed by atoms with Crippen molar-refractivity contribution in [3.8, 4) is 0 Å². The van der Waals surface area contributed by atoms with Crippen LogP contribution in [-0.4, -0.2) is 27.6 Å². The average Bonchev–Trinajstić information content (AvgIpc) is 2.91. The van der Waals surface area contributed by atoms with E-state index < -0.39 is 20.0 Å². The van der Waals surface area contributed by atoms with Crippen LogP contribution in [0.15, 0.2) is 40.7 Å². The van der Waals surface area contributed by atoms with Gasteiger partial charge in [-0.25, -0.2) is 21.8 Å². The summed E-state index contributed by atoms with van der Waals surface area (Å²) in [6.45, 7) is 1.51. The Balaban J connectivity index is 2.18. The summed E-state index contributed by atoms with van der Waals surface area (Å²) in [5, 5.41) is 1.92. The van der Waals surface area contributed by atoms with Gasteiger partial charge < -0.3 is 0 Å². The van der Waals surface area contributed by atoms with E-state index in [2.05, 4.69) is 14.4 Å². The first-order valence-electron chi connectivity index (χ1n) is 5.85. The molecule has 1 aromatic heterocycles. The standard InChI is InChI=1S/C11H13N3O4S3/c1-2-20(15,16)13-9-3-5-10(6-4-9)21(17,18)14-11-12-7-8-19-11/h3-8,13H,2H2,1H3,(H,12,14). The van der Waals surface area contributed by atoms with E-state index in [0.29, 0.717) is 5.69 Å². The molecule has 0 atom stereocenters. The number of nitrogens with zero attached hydrogens (tertiary/aromatic N) is 1. The van der Waals surface area contributed by atoms with E-state index in [9.17, 15) is 16.8 Å². The normalized spacial score (nSPS) is 12.0. The molecule has 0 fully saturated rings. The summed E-state index contributed by atoms with van der Waals surface area (Å²) in [6, 6.07) is 5.43. The van der Waals surface area contributed by atoms with Gasteiger partial charge in [-0.1, -0.05) is 0 Å². The highest BCUT2D eigenvalue weighted by Crippen LogP contribution is 2.19. The molecule has 0 aliphatic rings. The van der Waals surface area contributed by atoms with E-state index in [1.807, 2.05) is 0 Å². The van der Waals surface area contributed by atoms with Gasteiger partial charge in [0.05, 0.1) is 10.6 Å². The minimum atomic E-state index is -3.73. The largest absolute Gasteiger partial charge is 0.284 e. The number of nitrogens with one attached hydrogen (secondary N) is 2. The molecule has 2 aromatic rings. The summed E-state index contributed by atoms with van der Waals surface area (Å²) < 4.78 is 51.6. The summed E-state index contributed by atoms with van der Waals surface area (Å²) in [5.74, 6) is -0.0569. The van der Waals surface area contributed by atoms with Gasteiger partial charge in [0.1, 0.15) is 0 Å². The van der Waals surface area contributed by atoms with Gasteiger partial charge in [-0.2, -0.15) is 0 Å². The first-order chi connectivity index (χ1) is 9.82. The third kappa shape index (κ3) is 4.16. The second-order valence-electron chi connectivity index (χ2n) is 3.97. The minimum Gasteiger partial charge on any atom is -0.284 e. The Morgan fingerprint density at radius 2 is 1.76 bits per heavy atom. The maximum absolute atomic E-state index is 12.1. The number of sulfonamides is 2. The Bertz CT molecular complexity index is 797. The van der Waals surface area contributed by atoms with Crippen molar-refractivity contribution in [1.82, 2.24) is 4.98 Å². The molecule has 0 saturated carbocycles. The van der Waals surface area contributed by atoms with Gasteiger partial charge >= 0.3 is 0 Å². The third-order valence-electron chi connectivity index (χ3n) is 2.47.